The van der Waals surface area contributed by atoms with Gasteiger partial charge in [-0.1, -0.05) is 18.0 Å². The first kappa shape index (κ1) is 14.1. The highest BCUT2D eigenvalue weighted by Crippen LogP contribution is 2.38. The average molecular weight is 268 g/mol. The molecule has 2 aliphatic rings. The molecular formula is C13H24N4O2. The molecule has 0 aromatic heterocycles. The van der Waals surface area contributed by atoms with Crippen molar-refractivity contribution in [1.29, 1.82) is 0 Å². The molecule has 0 spiro atoms. The van der Waals surface area contributed by atoms with E-state index in [1.165, 1.54) is 0 Å². The number of nitrogens with zero attached hydrogens (tertiary/aromatic N) is 2. The second-order valence-corrected chi connectivity index (χ2v) is 5.90. The maximum Gasteiger partial charge on any atom is 0.233 e. The number of carbonyl (C=O) groups excluding carboxylic acids is 1. The van der Waals surface area contributed by atoms with Crippen molar-refractivity contribution in [1.82, 2.24) is 10.2 Å². The third-order valence-corrected chi connectivity index (χ3v) is 4.53. The second-order valence-electron chi connectivity index (χ2n) is 5.90. The Hall–Kier alpha value is -1.30. The Morgan fingerprint density at radius 3 is 2.74 bits per heavy atom. The molecule has 4 N–H and O–H groups in total. The van der Waals surface area contributed by atoms with Crippen molar-refractivity contribution in [2.75, 3.05) is 26.7 Å². The van der Waals surface area contributed by atoms with E-state index in [2.05, 4.69) is 22.4 Å². The lowest BCUT2D eigenvalue weighted by Crippen LogP contribution is -2.49. The predicted octanol–water partition coefficient (Wildman–Crippen LogP) is 0.361. The van der Waals surface area contributed by atoms with Gasteiger partial charge in [0.05, 0.1) is 0 Å². The molecule has 1 unspecified atom stereocenters. The summed E-state index contributed by atoms with van der Waals surface area (Å²) < 4.78 is 0. The summed E-state index contributed by atoms with van der Waals surface area (Å²) in [5.41, 5.74) is 4.97. The van der Waals surface area contributed by atoms with Gasteiger partial charge < -0.3 is 21.2 Å². The molecule has 1 aliphatic heterocycles. The molecule has 1 amide bonds. The van der Waals surface area contributed by atoms with Crippen molar-refractivity contribution in [2.24, 2.45) is 22.2 Å². The number of amides is 1. The van der Waals surface area contributed by atoms with Gasteiger partial charge in [0.15, 0.2) is 5.84 Å². The number of hydrogen-bond acceptors (Lipinski definition) is 4. The van der Waals surface area contributed by atoms with Crippen molar-refractivity contribution in [3.05, 3.63) is 0 Å². The SMILES string of the molecule is CN1CCC(CNC(=O)C2(C(N)=NO)CCCC2)C1. The maximum atomic E-state index is 12.4. The smallest absolute Gasteiger partial charge is 0.233 e. The fourth-order valence-corrected chi connectivity index (χ4v) is 3.27. The number of rotatable bonds is 4. The highest BCUT2D eigenvalue weighted by atomic mass is 16.4. The quantitative estimate of drug-likeness (QED) is 0.297. The van der Waals surface area contributed by atoms with Crippen LogP contribution in [0.15, 0.2) is 5.16 Å². The first-order valence-electron chi connectivity index (χ1n) is 7.03. The molecular weight excluding hydrogens is 244 g/mol. The van der Waals surface area contributed by atoms with Crippen molar-refractivity contribution >= 4 is 11.7 Å². The van der Waals surface area contributed by atoms with Gasteiger partial charge in [0, 0.05) is 13.1 Å². The Balaban J connectivity index is 1.93. The summed E-state index contributed by atoms with van der Waals surface area (Å²) >= 11 is 0. The summed E-state index contributed by atoms with van der Waals surface area (Å²) in [5.74, 6) is 0.501. The number of carbonyl (C=O) groups is 1. The molecule has 2 rings (SSSR count). The topological polar surface area (TPSA) is 91.0 Å². The van der Waals surface area contributed by atoms with Gasteiger partial charge in [0.1, 0.15) is 5.41 Å². The Kier molecular flexibility index (Phi) is 4.29. The van der Waals surface area contributed by atoms with E-state index in [1.54, 1.807) is 0 Å². The Labute approximate surface area is 114 Å². The lowest BCUT2D eigenvalue weighted by atomic mass is 9.83. The zero-order valence-electron chi connectivity index (χ0n) is 11.6. The predicted molar refractivity (Wildman–Crippen MR) is 72.9 cm³/mol. The lowest BCUT2D eigenvalue weighted by molar-refractivity contribution is -0.127. The van der Waals surface area contributed by atoms with Crippen LogP contribution in [-0.2, 0) is 4.79 Å². The summed E-state index contributed by atoms with van der Waals surface area (Å²) in [5, 5.41) is 15.0. The number of oxime groups is 1. The number of amidine groups is 1. The number of nitrogens with two attached hydrogens (primary N) is 1. The van der Waals surface area contributed by atoms with Crippen LogP contribution in [0.1, 0.15) is 32.1 Å². The van der Waals surface area contributed by atoms with Crippen LogP contribution in [0.2, 0.25) is 0 Å². The van der Waals surface area contributed by atoms with E-state index in [4.69, 9.17) is 10.9 Å². The molecule has 19 heavy (non-hydrogen) atoms. The van der Waals surface area contributed by atoms with Crippen LogP contribution in [0, 0.1) is 11.3 Å². The van der Waals surface area contributed by atoms with Crippen LogP contribution in [0.4, 0.5) is 0 Å². The van der Waals surface area contributed by atoms with Gasteiger partial charge in [-0.2, -0.15) is 0 Å². The van der Waals surface area contributed by atoms with E-state index >= 15 is 0 Å². The average Bonchev–Trinajstić information content (AvgIpc) is 3.04. The van der Waals surface area contributed by atoms with Gasteiger partial charge in [0.25, 0.3) is 0 Å². The van der Waals surface area contributed by atoms with E-state index < -0.39 is 5.41 Å². The van der Waals surface area contributed by atoms with E-state index in [0.29, 0.717) is 25.3 Å². The third kappa shape index (κ3) is 2.83. The molecule has 1 aliphatic carbocycles. The highest BCUT2D eigenvalue weighted by Gasteiger charge is 2.45. The van der Waals surface area contributed by atoms with Crippen molar-refractivity contribution < 1.29 is 10.0 Å². The van der Waals surface area contributed by atoms with Crippen molar-refractivity contribution in [2.45, 2.75) is 32.1 Å². The Bertz CT molecular complexity index is 364. The third-order valence-electron chi connectivity index (χ3n) is 4.53. The molecule has 1 atom stereocenters. The molecule has 1 heterocycles. The van der Waals surface area contributed by atoms with Gasteiger partial charge in [-0.15, -0.1) is 0 Å². The van der Waals surface area contributed by atoms with Crippen LogP contribution in [-0.4, -0.2) is 48.5 Å². The first-order valence-corrected chi connectivity index (χ1v) is 7.03. The Morgan fingerprint density at radius 1 is 1.53 bits per heavy atom. The van der Waals surface area contributed by atoms with Gasteiger partial charge in [0.2, 0.25) is 5.91 Å². The standard InChI is InChI=1S/C13H24N4O2/c1-17-7-4-10(9-17)8-15-12(18)13(11(14)16-19)5-2-3-6-13/h10,19H,2-9H2,1H3,(H2,14,16)(H,15,18). The van der Waals surface area contributed by atoms with E-state index in [-0.39, 0.29) is 11.7 Å². The second kappa shape index (κ2) is 5.77. The monoisotopic (exact) mass is 268 g/mol. The minimum absolute atomic E-state index is 0.0611. The molecule has 2 fully saturated rings. The minimum atomic E-state index is -0.779. The highest BCUT2D eigenvalue weighted by molar-refractivity contribution is 6.07. The summed E-state index contributed by atoms with van der Waals surface area (Å²) in [6.45, 7) is 2.80. The van der Waals surface area contributed by atoms with E-state index in [0.717, 1.165) is 32.4 Å². The fraction of sp³-hybridized carbons (Fsp3) is 0.846. The van der Waals surface area contributed by atoms with Crippen LogP contribution in [0.3, 0.4) is 0 Å². The van der Waals surface area contributed by atoms with E-state index in [1.807, 2.05) is 0 Å². The fourth-order valence-electron chi connectivity index (χ4n) is 3.27. The van der Waals surface area contributed by atoms with Crippen molar-refractivity contribution in [3.63, 3.8) is 0 Å². The summed E-state index contributed by atoms with van der Waals surface area (Å²) in [4.78, 5) is 14.7. The molecule has 1 saturated carbocycles. The van der Waals surface area contributed by atoms with Crippen LogP contribution in [0.5, 0.6) is 0 Å². The van der Waals surface area contributed by atoms with Gasteiger partial charge >= 0.3 is 0 Å². The van der Waals surface area contributed by atoms with Crippen molar-refractivity contribution in [3.8, 4) is 0 Å². The van der Waals surface area contributed by atoms with Gasteiger partial charge in [-0.05, 0) is 38.8 Å². The zero-order chi connectivity index (χ0) is 13.9. The van der Waals surface area contributed by atoms with Crippen LogP contribution >= 0.6 is 0 Å². The molecule has 0 aromatic rings. The molecule has 0 bridgehead atoms. The summed E-state index contributed by atoms with van der Waals surface area (Å²) in [7, 11) is 2.09. The lowest BCUT2D eigenvalue weighted by Gasteiger charge is -2.26. The van der Waals surface area contributed by atoms with E-state index in [9.17, 15) is 4.79 Å². The molecule has 6 heteroatoms. The Morgan fingerprint density at radius 2 is 2.21 bits per heavy atom. The number of hydrogen-bond donors (Lipinski definition) is 3. The maximum absolute atomic E-state index is 12.4. The molecule has 0 radical (unpaired) electrons. The zero-order valence-corrected chi connectivity index (χ0v) is 11.6. The molecule has 6 nitrogen and oxygen atoms in total. The van der Waals surface area contributed by atoms with Gasteiger partial charge in [-0.3, -0.25) is 4.79 Å². The first-order chi connectivity index (χ1) is 9.08. The normalized spacial score (nSPS) is 27.6. The number of likely N-dealkylation sites (tertiary alicyclic amines) is 1. The van der Waals surface area contributed by atoms with Crippen LogP contribution < -0.4 is 11.1 Å². The largest absolute Gasteiger partial charge is 0.409 e. The van der Waals surface area contributed by atoms with Crippen LogP contribution in [0.25, 0.3) is 0 Å². The molecule has 108 valence electrons. The number of nitrogens with one attached hydrogen (secondary N) is 1. The summed E-state index contributed by atoms with van der Waals surface area (Å²) in [6, 6.07) is 0. The molecule has 0 aromatic carbocycles. The minimum Gasteiger partial charge on any atom is -0.409 e. The van der Waals surface area contributed by atoms with Gasteiger partial charge in [-0.25, -0.2) is 0 Å². The molecule has 1 saturated heterocycles. The summed E-state index contributed by atoms with van der Waals surface area (Å²) in [6.07, 6.45) is 4.39.